The molecule has 0 spiro atoms. The van der Waals surface area contributed by atoms with E-state index in [4.69, 9.17) is 11.0 Å². The van der Waals surface area contributed by atoms with Crippen molar-refractivity contribution in [1.82, 2.24) is 0 Å². The third-order valence-corrected chi connectivity index (χ3v) is 2.41. The molecule has 0 aliphatic heterocycles. The molecule has 0 bridgehead atoms. The first kappa shape index (κ1) is 11.9. The minimum atomic E-state index is -0.703. The van der Waals surface area contributed by atoms with Crippen molar-refractivity contribution in [1.29, 1.82) is 5.26 Å². The molecule has 18 heavy (non-hydrogen) atoms. The monoisotopic (exact) mass is 245 g/mol. The lowest BCUT2D eigenvalue weighted by molar-refractivity contribution is 0.591. The van der Waals surface area contributed by atoms with Gasteiger partial charge < -0.3 is 11.1 Å². The Morgan fingerprint density at radius 2 is 1.78 bits per heavy atom. The Morgan fingerprint density at radius 1 is 1.11 bits per heavy atom. The van der Waals surface area contributed by atoms with Crippen LogP contribution in [0.4, 0.5) is 25.8 Å². The Bertz CT molecular complexity index is 612. The summed E-state index contributed by atoms with van der Waals surface area (Å²) in [5.41, 5.74) is 6.25. The van der Waals surface area contributed by atoms with Crippen LogP contribution in [0.2, 0.25) is 0 Å². The summed E-state index contributed by atoms with van der Waals surface area (Å²) < 4.78 is 26.8. The van der Waals surface area contributed by atoms with Crippen LogP contribution in [0, 0.1) is 23.0 Å². The van der Waals surface area contributed by atoms with Crippen molar-refractivity contribution in [3.8, 4) is 6.07 Å². The highest BCUT2D eigenvalue weighted by molar-refractivity contribution is 5.67. The molecule has 0 heterocycles. The second-order valence-electron chi connectivity index (χ2n) is 3.64. The molecule has 0 saturated heterocycles. The molecule has 2 aromatic carbocycles. The van der Waals surface area contributed by atoms with Gasteiger partial charge in [0.2, 0.25) is 0 Å². The van der Waals surface area contributed by atoms with Gasteiger partial charge in [-0.25, -0.2) is 8.78 Å². The number of benzene rings is 2. The summed E-state index contributed by atoms with van der Waals surface area (Å²) in [5, 5.41) is 11.4. The average Bonchev–Trinajstić information content (AvgIpc) is 2.36. The first-order chi connectivity index (χ1) is 8.61. The molecule has 2 rings (SSSR count). The van der Waals surface area contributed by atoms with E-state index in [-0.39, 0.29) is 11.3 Å². The molecule has 0 fully saturated rings. The molecule has 5 heteroatoms. The Hall–Kier alpha value is -2.61. The first-order valence-corrected chi connectivity index (χ1v) is 5.12. The maximum absolute atomic E-state index is 13.4. The Morgan fingerprint density at radius 3 is 2.39 bits per heavy atom. The van der Waals surface area contributed by atoms with Crippen LogP contribution in [0.5, 0.6) is 0 Å². The van der Waals surface area contributed by atoms with E-state index < -0.39 is 11.6 Å². The summed E-state index contributed by atoms with van der Waals surface area (Å²) in [6.07, 6.45) is 0. The lowest BCUT2D eigenvalue weighted by Gasteiger charge is -2.09. The molecule has 0 aliphatic carbocycles. The van der Waals surface area contributed by atoms with Gasteiger partial charge in [0, 0.05) is 11.4 Å². The number of nitrogens with one attached hydrogen (secondary N) is 1. The number of hydrogen-bond acceptors (Lipinski definition) is 3. The van der Waals surface area contributed by atoms with Crippen LogP contribution in [0.3, 0.4) is 0 Å². The van der Waals surface area contributed by atoms with E-state index in [1.165, 1.54) is 18.2 Å². The standard InChI is InChI=1S/C13H9F2N3/c14-10-2-1-3-11(15)13(10)18-9-4-5-12(17)8(6-9)7-16/h1-6,18H,17H2. The van der Waals surface area contributed by atoms with E-state index in [2.05, 4.69) is 5.32 Å². The zero-order valence-electron chi connectivity index (χ0n) is 9.24. The van der Waals surface area contributed by atoms with Crippen molar-refractivity contribution in [2.75, 3.05) is 11.1 Å². The van der Waals surface area contributed by atoms with Gasteiger partial charge in [0.25, 0.3) is 0 Å². The molecule has 3 N–H and O–H groups in total. The zero-order chi connectivity index (χ0) is 13.1. The number of para-hydroxylation sites is 1. The van der Waals surface area contributed by atoms with E-state index in [0.29, 0.717) is 11.4 Å². The molecule has 0 saturated carbocycles. The molecule has 2 aromatic rings. The number of halogens is 2. The van der Waals surface area contributed by atoms with Crippen LogP contribution in [-0.4, -0.2) is 0 Å². The molecular weight excluding hydrogens is 236 g/mol. The van der Waals surface area contributed by atoms with Crippen LogP contribution >= 0.6 is 0 Å². The highest BCUT2D eigenvalue weighted by Gasteiger charge is 2.09. The second kappa shape index (κ2) is 4.72. The molecule has 90 valence electrons. The fraction of sp³-hybridized carbons (Fsp3) is 0. The minimum Gasteiger partial charge on any atom is -0.398 e. The van der Waals surface area contributed by atoms with Crippen molar-refractivity contribution >= 4 is 17.1 Å². The Balaban J connectivity index is 2.38. The Labute approximate surface area is 102 Å². The number of rotatable bonds is 2. The van der Waals surface area contributed by atoms with Gasteiger partial charge in [-0.1, -0.05) is 6.07 Å². The number of anilines is 3. The van der Waals surface area contributed by atoms with Gasteiger partial charge in [-0.2, -0.15) is 5.26 Å². The number of nitrogens with zero attached hydrogens (tertiary/aromatic N) is 1. The van der Waals surface area contributed by atoms with Crippen molar-refractivity contribution in [3.05, 3.63) is 53.6 Å². The van der Waals surface area contributed by atoms with Crippen LogP contribution in [0.15, 0.2) is 36.4 Å². The number of nitriles is 1. The molecule has 0 atom stereocenters. The fourth-order valence-corrected chi connectivity index (χ4v) is 1.49. The molecule has 0 aromatic heterocycles. The van der Waals surface area contributed by atoms with E-state index in [1.807, 2.05) is 6.07 Å². The summed E-state index contributed by atoms with van der Waals surface area (Å²) in [6, 6.07) is 9.94. The Kier molecular flexibility index (Phi) is 3.11. The highest BCUT2D eigenvalue weighted by atomic mass is 19.1. The highest BCUT2D eigenvalue weighted by Crippen LogP contribution is 2.25. The normalized spacial score (nSPS) is 9.83. The SMILES string of the molecule is N#Cc1cc(Nc2c(F)cccc2F)ccc1N. The lowest BCUT2D eigenvalue weighted by Crippen LogP contribution is -1.98. The van der Waals surface area contributed by atoms with Gasteiger partial charge >= 0.3 is 0 Å². The van der Waals surface area contributed by atoms with Crippen molar-refractivity contribution in [2.24, 2.45) is 0 Å². The van der Waals surface area contributed by atoms with Gasteiger partial charge in [-0.05, 0) is 30.3 Å². The first-order valence-electron chi connectivity index (χ1n) is 5.12. The molecular formula is C13H9F2N3. The minimum absolute atomic E-state index is 0.247. The topological polar surface area (TPSA) is 61.8 Å². The maximum Gasteiger partial charge on any atom is 0.149 e. The van der Waals surface area contributed by atoms with Gasteiger partial charge in [-0.15, -0.1) is 0 Å². The summed E-state index contributed by atoms with van der Waals surface area (Å²) in [4.78, 5) is 0. The maximum atomic E-state index is 13.4. The van der Waals surface area contributed by atoms with Crippen molar-refractivity contribution in [3.63, 3.8) is 0 Å². The van der Waals surface area contributed by atoms with Gasteiger partial charge in [0.05, 0.1) is 5.56 Å². The van der Waals surface area contributed by atoms with Gasteiger partial charge in [0.1, 0.15) is 23.4 Å². The third-order valence-electron chi connectivity index (χ3n) is 2.41. The number of nitrogen functional groups attached to an aromatic ring is 1. The van der Waals surface area contributed by atoms with E-state index in [1.54, 1.807) is 6.07 Å². The smallest absolute Gasteiger partial charge is 0.149 e. The second-order valence-corrected chi connectivity index (χ2v) is 3.64. The molecule has 3 nitrogen and oxygen atoms in total. The molecule has 0 aliphatic rings. The predicted octanol–water partition coefficient (Wildman–Crippen LogP) is 3.16. The largest absolute Gasteiger partial charge is 0.398 e. The van der Waals surface area contributed by atoms with E-state index in [0.717, 1.165) is 12.1 Å². The summed E-state index contributed by atoms with van der Waals surface area (Å²) in [6.45, 7) is 0. The number of nitrogens with two attached hydrogens (primary N) is 1. The molecule has 0 radical (unpaired) electrons. The molecule has 0 amide bonds. The van der Waals surface area contributed by atoms with Gasteiger partial charge in [0.15, 0.2) is 0 Å². The fourth-order valence-electron chi connectivity index (χ4n) is 1.49. The summed E-state index contributed by atoms with van der Waals surface area (Å²) >= 11 is 0. The average molecular weight is 245 g/mol. The van der Waals surface area contributed by atoms with E-state index >= 15 is 0 Å². The number of hydrogen-bond donors (Lipinski definition) is 2. The molecule has 0 unspecified atom stereocenters. The van der Waals surface area contributed by atoms with E-state index in [9.17, 15) is 8.78 Å². The van der Waals surface area contributed by atoms with Crippen LogP contribution in [-0.2, 0) is 0 Å². The van der Waals surface area contributed by atoms with Crippen LogP contribution in [0.25, 0.3) is 0 Å². The zero-order valence-corrected chi connectivity index (χ0v) is 9.24. The van der Waals surface area contributed by atoms with Crippen LogP contribution < -0.4 is 11.1 Å². The third kappa shape index (κ3) is 2.23. The lowest BCUT2D eigenvalue weighted by atomic mass is 10.1. The van der Waals surface area contributed by atoms with Gasteiger partial charge in [-0.3, -0.25) is 0 Å². The summed E-state index contributed by atoms with van der Waals surface area (Å²) in [7, 11) is 0. The van der Waals surface area contributed by atoms with Crippen LogP contribution in [0.1, 0.15) is 5.56 Å². The summed E-state index contributed by atoms with van der Waals surface area (Å²) in [5.74, 6) is -1.41. The van der Waals surface area contributed by atoms with Crippen molar-refractivity contribution < 1.29 is 8.78 Å². The van der Waals surface area contributed by atoms with Crippen molar-refractivity contribution in [2.45, 2.75) is 0 Å². The predicted molar refractivity (Wildman–Crippen MR) is 65.2 cm³/mol. The quantitative estimate of drug-likeness (QED) is 0.799.